The Kier molecular flexibility index (Phi) is 3.84. The fourth-order valence-electron chi connectivity index (χ4n) is 1.96. The summed E-state index contributed by atoms with van der Waals surface area (Å²) in [4.78, 5) is 10.7. The maximum atomic E-state index is 11.1. The number of nitrogens with zero attached hydrogens (tertiary/aromatic N) is 3. The molecule has 19 heavy (non-hydrogen) atoms. The molecule has 0 unspecified atom stereocenters. The molecule has 7 nitrogen and oxygen atoms in total. The van der Waals surface area contributed by atoms with Gasteiger partial charge in [-0.1, -0.05) is 6.92 Å². The van der Waals surface area contributed by atoms with Crippen LogP contribution in [0.25, 0.3) is 0 Å². The first kappa shape index (κ1) is 13.1. The lowest BCUT2D eigenvalue weighted by molar-refractivity contribution is -0.384. The van der Waals surface area contributed by atoms with E-state index < -0.39 is 0 Å². The van der Waals surface area contributed by atoms with Crippen LogP contribution in [0, 0.1) is 10.1 Å². The normalized spacial score (nSPS) is 10.6. The molecule has 102 valence electrons. The Balaban J connectivity index is 2.10. The summed E-state index contributed by atoms with van der Waals surface area (Å²) >= 11 is 0. The summed E-state index contributed by atoms with van der Waals surface area (Å²) in [5, 5.41) is 18.3. The minimum absolute atomic E-state index is 0.0597. The topological polar surface area (TPSA) is 86.1 Å². The standard InChI is InChI=1S/C12H16N4O3/c1-3-10-11(16(17)18)12(15(2)14-10)13-7-6-9-5-4-8-19-9/h4-5,8,13H,3,6-7H2,1-2H3. The van der Waals surface area contributed by atoms with E-state index in [0.29, 0.717) is 30.9 Å². The van der Waals surface area contributed by atoms with Gasteiger partial charge in [0.05, 0.1) is 11.2 Å². The summed E-state index contributed by atoms with van der Waals surface area (Å²) in [6, 6.07) is 3.69. The highest BCUT2D eigenvalue weighted by Gasteiger charge is 2.25. The van der Waals surface area contributed by atoms with Crippen molar-refractivity contribution in [3.05, 3.63) is 40.0 Å². The van der Waals surface area contributed by atoms with Crippen LogP contribution in [0.5, 0.6) is 0 Å². The largest absolute Gasteiger partial charge is 0.469 e. The monoisotopic (exact) mass is 264 g/mol. The van der Waals surface area contributed by atoms with Crippen molar-refractivity contribution in [2.45, 2.75) is 19.8 Å². The van der Waals surface area contributed by atoms with Crippen molar-refractivity contribution >= 4 is 11.5 Å². The summed E-state index contributed by atoms with van der Waals surface area (Å²) in [7, 11) is 1.70. The molecule has 0 atom stereocenters. The number of furan rings is 1. The van der Waals surface area contributed by atoms with Gasteiger partial charge in [0.2, 0.25) is 5.82 Å². The van der Waals surface area contributed by atoms with E-state index in [-0.39, 0.29) is 10.6 Å². The summed E-state index contributed by atoms with van der Waals surface area (Å²) in [6.07, 6.45) is 2.80. The molecular weight excluding hydrogens is 248 g/mol. The summed E-state index contributed by atoms with van der Waals surface area (Å²) < 4.78 is 6.72. The molecule has 0 radical (unpaired) electrons. The third-order valence-corrected chi connectivity index (χ3v) is 2.85. The Bertz CT molecular complexity index is 560. The molecule has 1 N–H and O–H groups in total. The van der Waals surface area contributed by atoms with Crippen molar-refractivity contribution in [1.29, 1.82) is 0 Å². The highest BCUT2D eigenvalue weighted by Crippen LogP contribution is 2.28. The van der Waals surface area contributed by atoms with E-state index in [0.717, 1.165) is 5.76 Å². The Labute approximate surface area is 110 Å². The Morgan fingerprint density at radius 2 is 2.37 bits per heavy atom. The van der Waals surface area contributed by atoms with Gasteiger partial charge in [0.25, 0.3) is 0 Å². The average Bonchev–Trinajstić information content (AvgIpc) is 2.97. The molecule has 0 saturated carbocycles. The van der Waals surface area contributed by atoms with Crippen molar-refractivity contribution in [3.63, 3.8) is 0 Å². The molecule has 2 rings (SSSR count). The minimum Gasteiger partial charge on any atom is -0.469 e. The molecule has 0 amide bonds. The quantitative estimate of drug-likeness (QED) is 0.638. The van der Waals surface area contributed by atoms with Crippen LogP contribution in [0.1, 0.15) is 18.4 Å². The van der Waals surface area contributed by atoms with Crippen molar-refractivity contribution in [1.82, 2.24) is 9.78 Å². The maximum absolute atomic E-state index is 11.1. The van der Waals surface area contributed by atoms with Crippen molar-refractivity contribution < 1.29 is 9.34 Å². The molecular formula is C12H16N4O3. The van der Waals surface area contributed by atoms with E-state index >= 15 is 0 Å². The van der Waals surface area contributed by atoms with Gasteiger partial charge < -0.3 is 9.73 Å². The van der Waals surface area contributed by atoms with Crippen LogP contribution < -0.4 is 5.32 Å². The van der Waals surface area contributed by atoms with E-state index in [1.807, 2.05) is 19.1 Å². The Hall–Kier alpha value is -2.31. The van der Waals surface area contributed by atoms with Gasteiger partial charge in [0.15, 0.2) is 0 Å². The molecule has 0 fully saturated rings. The first-order valence-corrected chi connectivity index (χ1v) is 6.10. The number of nitrogens with one attached hydrogen (secondary N) is 1. The molecule has 0 bridgehead atoms. The second-order valence-electron chi connectivity index (χ2n) is 4.13. The molecule has 0 aromatic carbocycles. The van der Waals surface area contributed by atoms with Crippen LogP contribution in [0.3, 0.4) is 0 Å². The first-order chi connectivity index (χ1) is 9.13. The second kappa shape index (κ2) is 5.55. The first-order valence-electron chi connectivity index (χ1n) is 6.10. The zero-order chi connectivity index (χ0) is 13.8. The smallest absolute Gasteiger partial charge is 0.333 e. The SMILES string of the molecule is CCc1nn(C)c(NCCc2ccco2)c1[N+](=O)[O-]. The molecule has 7 heteroatoms. The molecule has 2 heterocycles. The third kappa shape index (κ3) is 2.75. The molecule has 2 aromatic heterocycles. The predicted octanol–water partition coefficient (Wildman–Crippen LogP) is 2.14. The Morgan fingerprint density at radius 1 is 1.58 bits per heavy atom. The highest BCUT2D eigenvalue weighted by atomic mass is 16.6. The number of aryl methyl sites for hydroxylation is 2. The van der Waals surface area contributed by atoms with Gasteiger partial charge in [-0.15, -0.1) is 0 Å². The van der Waals surface area contributed by atoms with Gasteiger partial charge in [-0.25, -0.2) is 4.68 Å². The summed E-state index contributed by atoms with van der Waals surface area (Å²) in [6.45, 7) is 2.40. The zero-order valence-electron chi connectivity index (χ0n) is 10.9. The van der Waals surface area contributed by atoms with Crippen molar-refractivity contribution in [2.75, 3.05) is 11.9 Å². The number of hydrogen-bond acceptors (Lipinski definition) is 5. The third-order valence-electron chi connectivity index (χ3n) is 2.85. The van der Waals surface area contributed by atoms with Crippen LogP contribution in [-0.2, 0) is 19.9 Å². The molecule has 0 aliphatic carbocycles. The van der Waals surface area contributed by atoms with Gasteiger partial charge >= 0.3 is 5.69 Å². The van der Waals surface area contributed by atoms with Gasteiger partial charge in [-0.3, -0.25) is 10.1 Å². The van der Waals surface area contributed by atoms with E-state index in [1.54, 1.807) is 13.3 Å². The number of anilines is 1. The van der Waals surface area contributed by atoms with Crippen LogP contribution in [0.4, 0.5) is 11.5 Å². The average molecular weight is 264 g/mol. The van der Waals surface area contributed by atoms with Gasteiger partial charge in [0, 0.05) is 20.0 Å². The Morgan fingerprint density at radius 3 is 2.95 bits per heavy atom. The number of hydrogen-bond donors (Lipinski definition) is 1. The number of rotatable bonds is 6. The van der Waals surface area contributed by atoms with Crippen LogP contribution in [-0.4, -0.2) is 21.2 Å². The van der Waals surface area contributed by atoms with Crippen LogP contribution in [0.2, 0.25) is 0 Å². The molecule has 0 aliphatic heterocycles. The van der Waals surface area contributed by atoms with E-state index in [1.165, 1.54) is 4.68 Å². The minimum atomic E-state index is -0.388. The van der Waals surface area contributed by atoms with E-state index in [4.69, 9.17) is 4.42 Å². The van der Waals surface area contributed by atoms with Gasteiger partial charge in [0.1, 0.15) is 11.5 Å². The summed E-state index contributed by atoms with van der Waals surface area (Å²) in [5.41, 5.74) is 0.553. The van der Waals surface area contributed by atoms with Crippen molar-refractivity contribution in [2.24, 2.45) is 7.05 Å². The number of nitro groups is 1. The molecule has 0 saturated heterocycles. The lowest BCUT2D eigenvalue weighted by Gasteiger charge is -2.04. The highest BCUT2D eigenvalue weighted by molar-refractivity contribution is 5.59. The number of aromatic nitrogens is 2. The fraction of sp³-hybridized carbons (Fsp3) is 0.417. The predicted molar refractivity (Wildman–Crippen MR) is 70.1 cm³/mol. The van der Waals surface area contributed by atoms with Gasteiger partial charge in [-0.2, -0.15) is 5.10 Å². The lowest BCUT2D eigenvalue weighted by Crippen LogP contribution is -2.09. The van der Waals surface area contributed by atoms with Crippen molar-refractivity contribution in [3.8, 4) is 0 Å². The van der Waals surface area contributed by atoms with E-state index in [9.17, 15) is 10.1 Å². The van der Waals surface area contributed by atoms with E-state index in [2.05, 4.69) is 10.4 Å². The summed E-state index contributed by atoms with van der Waals surface area (Å²) in [5.74, 6) is 1.28. The molecule has 0 spiro atoms. The lowest BCUT2D eigenvalue weighted by atomic mass is 10.3. The van der Waals surface area contributed by atoms with Crippen LogP contribution in [0.15, 0.2) is 22.8 Å². The molecule has 0 aliphatic rings. The second-order valence-corrected chi connectivity index (χ2v) is 4.13. The molecule has 2 aromatic rings. The zero-order valence-corrected chi connectivity index (χ0v) is 10.9. The van der Waals surface area contributed by atoms with Crippen LogP contribution >= 0.6 is 0 Å². The fourth-order valence-corrected chi connectivity index (χ4v) is 1.96. The maximum Gasteiger partial charge on any atom is 0.333 e. The van der Waals surface area contributed by atoms with Gasteiger partial charge in [-0.05, 0) is 18.6 Å².